The zero-order valence-corrected chi connectivity index (χ0v) is 13.7. The molecule has 0 aliphatic rings. The molecule has 0 unspecified atom stereocenters. The van der Waals surface area contributed by atoms with Crippen LogP contribution in [-0.4, -0.2) is 16.3 Å². The van der Waals surface area contributed by atoms with Crippen molar-refractivity contribution in [3.63, 3.8) is 0 Å². The van der Waals surface area contributed by atoms with Crippen LogP contribution in [-0.2, 0) is 13.0 Å². The molecule has 1 N–H and O–H groups in total. The Balaban J connectivity index is 1.47. The summed E-state index contributed by atoms with van der Waals surface area (Å²) in [6, 6.07) is 15.7. The molecule has 0 atom stereocenters. The molecule has 0 aliphatic carbocycles. The van der Waals surface area contributed by atoms with Gasteiger partial charge < -0.3 is 9.73 Å². The summed E-state index contributed by atoms with van der Waals surface area (Å²) in [6.07, 6.45) is 4.11. The molecule has 0 bridgehead atoms. The maximum absolute atomic E-state index is 8.72. The van der Waals surface area contributed by atoms with Crippen LogP contribution < -0.4 is 5.32 Å². The summed E-state index contributed by atoms with van der Waals surface area (Å²) in [5.74, 6) is 1.15. The summed E-state index contributed by atoms with van der Waals surface area (Å²) in [5, 5.41) is 16.7. The molecular formula is C19H20N4O. The monoisotopic (exact) mass is 320 g/mol. The highest BCUT2D eigenvalue weighted by Crippen LogP contribution is 2.13. The summed E-state index contributed by atoms with van der Waals surface area (Å²) in [6.45, 7) is 3.58. The number of benzene rings is 1. The Labute approximate surface area is 141 Å². The lowest BCUT2D eigenvalue weighted by atomic mass is 10.1. The van der Waals surface area contributed by atoms with Gasteiger partial charge in [-0.05, 0) is 56.1 Å². The number of nitrogens with one attached hydrogen (secondary N) is 1. The molecule has 0 amide bonds. The van der Waals surface area contributed by atoms with Gasteiger partial charge in [-0.25, -0.2) is 4.68 Å². The zero-order valence-electron chi connectivity index (χ0n) is 13.7. The summed E-state index contributed by atoms with van der Waals surface area (Å²) in [5.41, 5.74) is 3.42. The molecule has 0 saturated heterocycles. The van der Waals surface area contributed by atoms with Crippen molar-refractivity contribution >= 4 is 0 Å². The Morgan fingerprint density at radius 3 is 2.79 bits per heavy atom. The maximum Gasteiger partial charge on any atom is 0.203 e. The van der Waals surface area contributed by atoms with Gasteiger partial charge in [0.15, 0.2) is 0 Å². The minimum atomic E-state index is 0.357. The third-order valence-electron chi connectivity index (χ3n) is 3.89. The van der Waals surface area contributed by atoms with Gasteiger partial charge in [-0.15, -0.1) is 0 Å². The first-order chi connectivity index (χ1) is 11.8. The summed E-state index contributed by atoms with van der Waals surface area (Å²) < 4.78 is 7.27. The third-order valence-corrected chi connectivity index (χ3v) is 3.89. The Morgan fingerprint density at radius 1 is 1.21 bits per heavy atom. The van der Waals surface area contributed by atoms with Gasteiger partial charge in [0.2, 0.25) is 5.76 Å². The number of hydrogen-bond acceptors (Lipinski definition) is 4. The van der Waals surface area contributed by atoms with Crippen molar-refractivity contribution < 1.29 is 4.42 Å². The normalized spacial score (nSPS) is 10.7. The van der Waals surface area contributed by atoms with E-state index in [-0.39, 0.29) is 0 Å². The maximum atomic E-state index is 8.72. The topological polar surface area (TPSA) is 66.8 Å². The number of aromatic nitrogens is 2. The molecule has 5 heteroatoms. The van der Waals surface area contributed by atoms with E-state index in [1.807, 2.05) is 35.0 Å². The van der Waals surface area contributed by atoms with Gasteiger partial charge in [-0.3, -0.25) is 0 Å². The average molecular weight is 320 g/mol. The quantitative estimate of drug-likeness (QED) is 0.678. The Bertz CT molecular complexity index is 827. The molecular weight excluding hydrogens is 300 g/mol. The van der Waals surface area contributed by atoms with E-state index in [0.717, 1.165) is 36.5 Å². The number of rotatable bonds is 7. The van der Waals surface area contributed by atoms with Crippen molar-refractivity contribution in [2.24, 2.45) is 0 Å². The fourth-order valence-corrected chi connectivity index (χ4v) is 2.60. The highest BCUT2D eigenvalue weighted by atomic mass is 16.3. The van der Waals surface area contributed by atoms with Gasteiger partial charge in [-0.1, -0.05) is 18.2 Å². The molecule has 0 radical (unpaired) electrons. The van der Waals surface area contributed by atoms with E-state index in [9.17, 15) is 0 Å². The van der Waals surface area contributed by atoms with Gasteiger partial charge in [0.1, 0.15) is 11.8 Å². The van der Waals surface area contributed by atoms with Crippen molar-refractivity contribution in [3.8, 4) is 11.8 Å². The summed E-state index contributed by atoms with van der Waals surface area (Å²) in [7, 11) is 0. The first-order valence-electron chi connectivity index (χ1n) is 8.06. The molecule has 3 aromatic rings. The van der Waals surface area contributed by atoms with E-state index in [1.54, 1.807) is 6.07 Å². The highest BCUT2D eigenvalue weighted by molar-refractivity contribution is 5.32. The second-order valence-corrected chi connectivity index (χ2v) is 5.68. The fraction of sp³-hybridized carbons (Fsp3) is 0.263. The second-order valence-electron chi connectivity index (χ2n) is 5.68. The van der Waals surface area contributed by atoms with Crippen LogP contribution in [0.25, 0.3) is 5.69 Å². The van der Waals surface area contributed by atoms with E-state index in [4.69, 9.17) is 9.68 Å². The average Bonchev–Trinajstić information content (AvgIpc) is 3.22. The Kier molecular flexibility index (Phi) is 5.09. The van der Waals surface area contributed by atoms with Crippen LogP contribution in [0.3, 0.4) is 0 Å². The molecule has 0 fully saturated rings. The SMILES string of the molecule is Cc1nn(-c2ccccc2)cc1CCCNCc1ccc(C#N)o1. The minimum Gasteiger partial charge on any atom is -0.449 e. The number of para-hydroxylation sites is 1. The lowest BCUT2D eigenvalue weighted by molar-refractivity contribution is 0.472. The lowest BCUT2D eigenvalue weighted by Gasteiger charge is -2.02. The third kappa shape index (κ3) is 3.92. The molecule has 2 aromatic heterocycles. The molecule has 0 saturated carbocycles. The Morgan fingerprint density at radius 2 is 2.04 bits per heavy atom. The van der Waals surface area contributed by atoms with Gasteiger partial charge in [-0.2, -0.15) is 10.4 Å². The fourth-order valence-electron chi connectivity index (χ4n) is 2.60. The molecule has 122 valence electrons. The summed E-state index contributed by atoms with van der Waals surface area (Å²) >= 11 is 0. The second kappa shape index (κ2) is 7.62. The number of hydrogen-bond donors (Lipinski definition) is 1. The molecule has 24 heavy (non-hydrogen) atoms. The van der Waals surface area contributed by atoms with Crippen molar-refractivity contribution in [2.45, 2.75) is 26.3 Å². The van der Waals surface area contributed by atoms with Gasteiger partial charge in [0.25, 0.3) is 0 Å². The largest absolute Gasteiger partial charge is 0.449 e. The number of nitriles is 1. The van der Waals surface area contributed by atoms with E-state index >= 15 is 0 Å². The van der Waals surface area contributed by atoms with Crippen LogP contribution in [0.15, 0.2) is 53.1 Å². The zero-order chi connectivity index (χ0) is 16.8. The van der Waals surface area contributed by atoms with E-state index in [0.29, 0.717) is 12.3 Å². The standard InChI is InChI=1S/C19H20N4O/c1-15-16(14-23(22-15)17-7-3-2-4-8-17)6-5-11-21-13-19-10-9-18(12-20)24-19/h2-4,7-10,14,21H,5-6,11,13H2,1H3. The Hall–Kier alpha value is -2.84. The minimum absolute atomic E-state index is 0.357. The van der Waals surface area contributed by atoms with Crippen molar-refractivity contribution in [3.05, 3.63) is 71.4 Å². The van der Waals surface area contributed by atoms with Gasteiger partial charge >= 0.3 is 0 Å². The molecule has 0 aliphatic heterocycles. The predicted molar refractivity (Wildman–Crippen MR) is 91.8 cm³/mol. The van der Waals surface area contributed by atoms with Crippen LogP contribution in [0.2, 0.25) is 0 Å². The van der Waals surface area contributed by atoms with Crippen LogP contribution in [0.5, 0.6) is 0 Å². The van der Waals surface area contributed by atoms with E-state index in [1.165, 1.54) is 5.56 Å². The van der Waals surface area contributed by atoms with Crippen LogP contribution in [0.1, 0.15) is 29.2 Å². The lowest BCUT2D eigenvalue weighted by Crippen LogP contribution is -2.14. The predicted octanol–water partition coefficient (Wildman–Crippen LogP) is 3.37. The highest BCUT2D eigenvalue weighted by Gasteiger charge is 2.06. The molecule has 1 aromatic carbocycles. The van der Waals surface area contributed by atoms with Crippen molar-refractivity contribution in [2.75, 3.05) is 6.54 Å². The van der Waals surface area contributed by atoms with Crippen LogP contribution >= 0.6 is 0 Å². The van der Waals surface area contributed by atoms with E-state index in [2.05, 4.69) is 35.7 Å². The summed E-state index contributed by atoms with van der Waals surface area (Å²) in [4.78, 5) is 0. The van der Waals surface area contributed by atoms with Crippen molar-refractivity contribution in [1.29, 1.82) is 5.26 Å². The smallest absolute Gasteiger partial charge is 0.203 e. The van der Waals surface area contributed by atoms with Crippen LogP contribution in [0.4, 0.5) is 0 Å². The van der Waals surface area contributed by atoms with Crippen molar-refractivity contribution in [1.82, 2.24) is 15.1 Å². The molecule has 3 rings (SSSR count). The number of furan rings is 1. The first-order valence-corrected chi connectivity index (χ1v) is 8.06. The van der Waals surface area contributed by atoms with Gasteiger partial charge in [0.05, 0.1) is 17.9 Å². The van der Waals surface area contributed by atoms with E-state index < -0.39 is 0 Å². The number of nitrogens with zero attached hydrogens (tertiary/aromatic N) is 3. The van der Waals surface area contributed by atoms with Crippen LogP contribution in [0, 0.1) is 18.3 Å². The first kappa shape index (κ1) is 16.0. The van der Waals surface area contributed by atoms with Gasteiger partial charge in [0, 0.05) is 6.20 Å². The molecule has 5 nitrogen and oxygen atoms in total. The number of aryl methyl sites for hydroxylation is 2. The molecule has 0 spiro atoms. The molecule has 2 heterocycles.